The van der Waals surface area contributed by atoms with E-state index >= 15 is 0 Å². The highest BCUT2D eigenvalue weighted by Crippen LogP contribution is 2.17. The first-order chi connectivity index (χ1) is 6.63. The highest BCUT2D eigenvalue weighted by Gasteiger charge is 2.07. The molecule has 0 fully saturated rings. The summed E-state index contributed by atoms with van der Waals surface area (Å²) in [6, 6.07) is 6.88. The third-order valence-corrected chi connectivity index (χ3v) is 2.40. The summed E-state index contributed by atoms with van der Waals surface area (Å²) in [5.74, 6) is 0.581. The maximum Gasteiger partial charge on any atom is 0.269 e. The maximum atomic E-state index is 10.5. The van der Waals surface area contributed by atoms with Crippen LogP contribution in [0.15, 0.2) is 24.3 Å². The molecule has 0 aliphatic carbocycles. The number of benzene rings is 1. The quantitative estimate of drug-likeness (QED) is 0.544. The smallest absolute Gasteiger partial charge is 0.258 e. The summed E-state index contributed by atoms with van der Waals surface area (Å²) in [7, 11) is 0. The van der Waals surface area contributed by atoms with Gasteiger partial charge in [-0.2, -0.15) is 0 Å². The number of hydrogen-bond acceptors (Lipinski definition) is 2. The van der Waals surface area contributed by atoms with E-state index in [9.17, 15) is 10.1 Å². The molecule has 0 saturated heterocycles. The van der Waals surface area contributed by atoms with Crippen LogP contribution in [0.2, 0.25) is 0 Å². The molecule has 0 radical (unpaired) electrons. The van der Waals surface area contributed by atoms with Crippen LogP contribution in [0.3, 0.4) is 0 Å². The van der Waals surface area contributed by atoms with Crippen LogP contribution in [0, 0.1) is 16.0 Å². The maximum absolute atomic E-state index is 10.5. The second-order valence-electron chi connectivity index (χ2n) is 3.64. The number of nitrogens with zero attached hydrogens (tertiary/aromatic N) is 1. The van der Waals surface area contributed by atoms with Crippen LogP contribution in [0.5, 0.6) is 0 Å². The molecule has 0 saturated carbocycles. The molecule has 3 heteroatoms. The van der Waals surface area contributed by atoms with E-state index in [1.807, 2.05) is 6.07 Å². The Labute approximate surface area is 83.9 Å². The van der Waals surface area contributed by atoms with E-state index in [2.05, 4.69) is 13.8 Å². The lowest BCUT2D eigenvalue weighted by atomic mass is 9.99. The first-order valence-corrected chi connectivity index (χ1v) is 4.86. The Morgan fingerprint density at radius 2 is 2.21 bits per heavy atom. The molecule has 0 aliphatic rings. The highest BCUT2D eigenvalue weighted by atomic mass is 16.6. The zero-order valence-corrected chi connectivity index (χ0v) is 8.56. The third kappa shape index (κ3) is 2.83. The molecule has 0 heterocycles. The molecule has 0 aliphatic heterocycles. The summed E-state index contributed by atoms with van der Waals surface area (Å²) in [6.45, 7) is 4.28. The van der Waals surface area contributed by atoms with E-state index in [1.165, 1.54) is 6.07 Å². The molecule has 1 atom stereocenters. The monoisotopic (exact) mass is 193 g/mol. The summed E-state index contributed by atoms with van der Waals surface area (Å²) in [5, 5.41) is 10.5. The van der Waals surface area contributed by atoms with Crippen molar-refractivity contribution >= 4 is 5.69 Å². The van der Waals surface area contributed by atoms with E-state index in [-0.39, 0.29) is 10.6 Å². The fraction of sp³-hybridized carbons (Fsp3) is 0.455. The first kappa shape index (κ1) is 10.7. The van der Waals surface area contributed by atoms with Crippen LogP contribution in [-0.2, 0) is 6.42 Å². The van der Waals surface area contributed by atoms with Crippen molar-refractivity contribution in [2.75, 3.05) is 0 Å². The van der Waals surface area contributed by atoms with Crippen molar-refractivity contribution in [3.8, 4) is 0 Å². The number of nitro groups is 1. The molecule has 1 unspecified atom stereocenters. The first-order valence-electron chi connectivity index (χ1n) is 4.86. The molecule has 0 bridgehead atoms. The minimum atomic E-state index is -0.347. The molecule has 0 amide bonds. The van der Waals surface area contributed by atoms with E-state index in [0.29, 0.717) is 5.92 Å². The van der Waals surface area contributed by atoms with Gasteiger partial charge in [-0.05, 0) is 17.9 Å². The van der Waals surface area contributed by atoms with Crippen LogP contribution in [0.25, 0.3) is 0 Å². The summed E-state index contributed by atoms with van der Waals surface area (Å²) in [4.78, 5) is 10.2. The van der Waals surface area contributed by atoms with Crippen molar-refractivity contribution in [3.05, 3.63) is 39.9 Å². The minimum Gasteiger partial charge on any atom is -0.258 e. The minimum absolute atomic E-state index is 0.186. The third-order valence-electron chi connectivity index (χ3n) is 2.40. The van der Waals surface area contributed by atoms with Crippen molar-refractivity contribution in [3.63, 3.8) is 0 Å². The molecule has 76 valence electrons. The molecular weight excluding hydrogens is 178 g/mol. The molecule has 14 heavy (non-hydrogen) atoms. The molecule has 0 spiro atoms. The average Bonchev–Trinajstić information content (AvgIpc) is 2.18. The molecule has 3 nitrogen and oxygen atoms in total. The van der Waals surface area contributed by atoms with Crippen LogP contribution >= 0.6 is 0 Å². The van der Waals surface area contributed by atoms with Gasteiger partial charge in [0.15, 0.2) is 0 Å². The van der Waals surface area contributed by atoms with Crippen molar-refractivity contribution in [2.45, 2.75) is 26.7 Å². The fourth-order valence-electron chi connectivity index (χ4n) is 1.34. The summed E-state index contributed by atoms with van der Waals surface area (Å²) in [5.41, 5.74) is 1.24. The van der Waals surface area contributed by atoms with E-state index in [0.717, 1.165) is 18.4 Å². The molecule has 1 aromatic carbocycles. The van der Waals surface area contributed by atoms with Gasteiger partial charge < -0.3 is 0 Å². The second kappa shape index (κ2) is 4.74. The van der Waals surface area contributed by atoms with Crippen molar-refractivity contribution in [1.29, 1.82) is 0 Å². The van der Waals surface area contributed by atoms with E-state index in [1.54, 1.807) is 12.1 Å². The molecule has 1 aromatic rings. The topological polar surface area (TPSA) is 43.1 Å². The van der Waals surface area contributed by atoms with Gasteiger partial charge in [-0.25, -0.2) is 0 Å². The fourth-order valence-corrected chi connectivity index (χ4v) is 1.34. The van der Waals surface area contributed by atoms with E-state index < -0.39 is 0 Å². The number of non-ortho nitro benzene ring substituents is 1. The lowest BCUT2D eigenvalue weighted by molar-refractivity contribution is -0.384. The normalized spacial score (nSPS) is 12.4. The Hall–Kier alpha value is -1.38. The largest absolute Gasteiger partial charge is 0.269 e. The number of rotatable bonds is 4. The van der Waals surface area contributed by atoms with Crippen LogP contribution < -0.4 is 0 Å². The number of hydrogen-bond donors (Lipinski definition) is 0. The summed E-state index contributed by atoms with van der Waals surface area (Å²) in [6.07, 6.45) is 2.01. The Morgan fingerprint density at radius 3 is 2.79 bits per heavy atom. The standard InChI is InChI=1S/C11H15NO2/c1-3-9(2)7-10-5-4-6-11(8-10)12(13)14/h4-6,8-9H,3,7H2,1-2H3. The van der Waals surface area contributed by atoms with Gasteiger partial charge in [0.05, 0.1) is 4.92 Å². The Kier molecular flexibility index (Phi) is 3.63. The Balaban J connectivity index is 2.78. The predicted molar refractivity (Wildman–Crippen MR) is 56.3 cm³/mol. The molecule has 0 aromatic heterocycles. The highest BCUT2D eigenvalue weighted by molar-refractivity contribution is 5.34. The summed E-state index contributed by atoms with van der Waals surface area (Å²) < 4.78 is 0. The summed E-state index contributed by atoms with van der Waals surface area (Å²) >= 11 is 0. The van der Waals surface area contributed by atoms with Gasteiger partial charge in [0.25, 0.3) is 5.69 Å². The van der Waals surface area contributed by atoms with Gasteiger partial charge in [0, 0.05) is 12.1 Å². The number of nitro benzene ring substituents is 1. The van der Waals surface area contributed by atoms with Crippen molar-refractivity contribution < 1.29 is 4.92 Å². The van der Waals surface area contributed by atoms with Crippen LogP contribution in [-0.4, -0.2) is 4.92 Å². The van der Waals surface area contributed by atoms with Gasteiger partial charge in [-0.3, -0.25) is 10.1 Å². The average molecular weight is 193 g/mol. The zero-order valence-electron chi connectivity index (χ0n) is 8.56. The molecule has 0 N–H and O–H groups in total. The van der Waals surface area contributed by atoms with Crippen LogP contribution in [0.1, 0.15) is 25.8 Å². The second-order valence-corrected chi connectivity index (χ2v) is 3.64. The van der Waals surface area contributed by atoms with Crippen molar-refractivity contribution in [1.82, 2.24) is 0 Å². The zero-order chi connectivity index (χ0) is 10.6. The van der Waals surface area contributed by atoms with E-state index in [4.69, 9.17) is 0 Å². The Bertz CT molecular complexity index is 323. The van der Waals surface area contributed by atoms with Crippen LogP contribution in [0.4, 0.5) is 5.69 Å². The van der Waals surface area contributed by atoms with Gasteiger partial charge in [0.2, 0.25) is 0 Å². The van der Waals surface area contributed by atoms with Gasteiger partial charge in [0.1, 0.15) is 0 Å². The predicted octanol–water partition coefficient (Wildman–Crippen LogP) is 3.18. The van der Waals surface area contributed by atoms with Crippen molar-refractivity contribution in [2.24, 2.45) is 5.92 Å². The van der Waals surface area contributed by atoms with Gasteiger partial charge >= 0.3 is 0 Å². The molecule has 1 rings (SSSR count). The SMILES string of the molecule is CCC(C)Cc1cccc([N+](=O)[O-])c1. The lowest BCUT2D eigenvalue weighted by Crippen LogP contribution is -1.98. The molecular formula is C11H15NO2. The lowest BCUT2D eigenvalue weighted by Gasteiger charge is -2.07. The van der Waals surface area contributed by atoms with Gasteiger partial charge in [-0.15, -0.1) is 0 Å². The Morgan fingerprint density at radius 1 is 1.50 bits per heavy atom. The van der Waals surface area contributed by atoms with Gasteiger partial charge in [-0.1, -0.05) is 32.4 Å².